The molecule has 0 atom stereocenters. The number of hydrogen-bond acceptors (Lipinski definition) is 2. The standard InChI is InChI=1S/C13H19N3/c1-8(2)11-6-10-12(16(11)5)7-14-13(15-10)9(3)4/h6-9H,1-5H3. The zero-order valence-electron chi connectivity index (χ0n) is 10.7. The van der Waals surface area contributed by atoms with E-state index in [0.717, 1.165) is 16.9 Å². The molecule has 0 saturated heterocycles. The van der Waals surface area contributed by atoms with E-state index < -0.39 is 0 Å². The third kappa shape index (κ3) is 1.70. The summed E-state index contributed by atoms with van der Waals surface area (Å²) < 4.78 is 2.18. The molecule has 0 aliphatic carbocycles. The lowest BCUT2D eigenvalue weighted by Crippen LogP contribution is -1.99. The molecule has 0 N–H and O–H groups in total. The zero-order chi connectivity index (χ0) is 11.9. The highest BCUT2D eigenvalue weighted by Crippen LogP contribution is 2.23. The van der Waals surface area contributed by atoms with Crippen molar-refractivity contribution in [2.45, 2.75) is 39.5 Å². The Balaban J connectivity index is 2.63. The number of rotatable bonds is 2. The summed E-state index contributed by atoms with van der Waals surface area (Å²) in [6.45, 7) is 8.64. The van der Waals surface area contributed by atoms with E-state index in [1.54, 1.807) is 0 Å². The van der Waals surface area contributed by atoms with Gasteiger partial charge in [-0.05, 0) is 12.0 Å². The van der Waals surface area contributed by atoms with E-state index in [9.17, 15) is 0 Å². The van der Waals surface area contributed by atoms with E-state index in [-0.39, 0.29) is 0 Å². The Morgan fingerprint density at radius 2 is 1.81 bits per heavy atom. The number of aromatic nitrogens is 3. The molecule has 0 aliphatic rings. The van der Waals surface area contributed by atoms with Gasteiger partial charge in [-0.3, -0.25) is 0 Å². The molecule has 2 heterocycles. The molecule has 0 spiro atoms. The van der Waals surface area contributed by atoms with Crippen LogP contribution in [0.3, 0.4) is 0 Å². The zero-order valence-corrected chi connectivity index (χ0v) is 10.7. The maximum atomic E-state index is 4.61. The Morgan fingerprint density at radius 3 is 2.38 bits per heavy atom. The second-order valence-electron chi connectivity index (χ2n) is 4.94. The first-order chi connectivity index (χ1) is 7.50. The fourth-order valence-corrected chi connectivity index (χ4v) is 1.98. The lowest BCUT2D eigenvalue weighted by Gasteiger charge is -2.06. The van der Waals surface area contributed by atoms with E-state index in [0.29, 0.717) is 11.8 Å². The van der Waals surface area contributed by atoms with Crippen molar-refractivity contribution in [3.63, 3.8) is 0 Å². The number of nitrogens with zero attached hydrogens (tertiary/aromatic N) is 3. The van der Waals surface area contributed by atoms with Crippen molar-refractivity contribution >= 4 is 11.0 Å². The van der Waals surface area contributed by atoms with Crippen molar-refractivity contribution in [1.82, 2.24) is 14.5 Å². The van der Waals surface area contributed by atoms with E-state index in [2.05, 4.69) is 55.3 Å². The molecular formula is C13H19N3. The van der Waals surface area contributed by atoms with Crippen molar-refractivity contribution in [3.05, 3.63) is 23.8 Å². The molecule has 86 valence electrons. The summed E-state index contributed by atoms with van der Waals surface area (Å²) in [5, 5.41) is 0. The normalized spacial score (nSPS) is 11.9. The van der Waals surface area contributed by atoms with Gasteiger partial charge in [-0.2, -0.15) is 0 Å². The van der Waals surface area contributed by atoms with Crippen LogP contribution >= 0.6 is 0 Å². The predicted molar refractivity (Wildman–Crippen MR) is 66.7 cm³/mol. The summed E-state index contributed by atoms with van der Waals surface area (Å²) in [7, 11) is 2.08. The van der Waals surface area contributed by atoms with Gasteiger partial charge in [0.2, 0.25) is 0 Å². The minimum Gasteiger partial charge on any atom is -0.345 e. The number of aryl methyl sites for hydroxylation is 1. The first-order valence-corrected chi connectivity index (χ1v) is 5.83. The van der Waals surface area contributed by atoms with Gasteiger partial charge >= 0.3 is 0 Å². The fraction of sp³-hybridized carbons (Fsp3) is 0.538. The average Bonchev–Trinajstić information content (AvgIpc) is 2.55. The van der Waals surface area contributed by atoms with Crippen LogP contribution in [-0.4, -0.2) is 14.5 Å². The van der Waals surface area contributed by atoms with Gasteiger partial charge in [0.25, 0.3) is 0 Å². The second-order valence-corrected chi connectivity index (χ2v) is 4.94. The molecule has 0 unspecified atom stereocenters. The van der Waals surface area contributed by atoms with Crippen LogP contribution in [-0.2, 0) is 7.05 Å². The second kappa shape index (κ2) is 3.89. The molecule has 3 heteroatoms. The van der Waals surface area contributed by atoms with Gasteiger partial charge in [0.15, 0.2) is 0 Å². The highest BCUT2D eigenvalue weighted by atomic mass is 15.0. The number of hydrogen-bond donors (Lipinski definition) is 0. The van der Waals surface area contributed by atoms with E-state index >= 15 is 0 Å². The quantitative estimate of drug-likeness (QED) is 0.773. The van der Waals surface area contributed by atoms with Gasteiger partial charge in [-0.1, -0.05) is 27.7 Å². The lowest BCUT2D eigenvalue weighted by atomic mass is 10.1. The van der Waals surface area contributed by atoms with Crippen molar-refractivity contribution in [1.29, 1.82) is 0 Å². The largest absolute Gasteiger partial charge is 0.345 e. The lowest BCUT2D eigenvalue weighted by molar-refractivity contribution is 0.752. The molecule has 0 fully saturated rings. The summed E-state index contributed by atoms with van der Waals surface area (Å²) in [6.07, 6.45) is 1.93. The first kappa shape index (κ1) is 11.1. The van der Waals surface area contributed by atoms with E-state index in [4.69, 9.17) is 0 Å². The highest BCUT2D eigenvalue weighted by Gasteiger charge is 2.11. The topological polar surface area (TPSA) is 30.7 Å². The van der Waals surface area contributed by atoms with E-state index in [1.165, 1.54) is 5.69 Å². The maximum absolute atomic E-state index is 4.61. The Hall–Kier alpha value is -1.38. The SMILES string of the molecule is CC(C)c1ncc2c(cc(C(C)C)n2C)n1. The van der Waals surface area contributed by atoms with Crippen LogP contribution in [0.25, 0.3) is 11.0 Å². The van der Waals surface area contributed by atoms with Gasteiger partial charge in [-0.25, -0.2) is 9.97 Å². The van der Waals surface area contributed by atoms with Crippen LogP contribution in [0.15, 0.2) is 12.3 Å². The van der Waals surface area contributed by atoms with E-state index in [1.807, 2.05) is 6.20 Å². The van der Waals surface area contributed by atoms with Gasteiger partial charge in [0.05, 0.1) is 17.2 Å². The fourth-order valence-electron chi connectivity index (χ4n) is 1.98. The van der Waals surface area contributed by atoms with Gasteiger partial charge in [-0.15, -0.1) is 0 Å². The Kier molecular flexibility index (Phi) is 2.70. The Labute approximate surface area is 96.5 Å². The molecule has 0 saturated carbocycles. The Morgan fingerprint density at radius 1 is 1.12 bits per heavy atom. The van der Waals surface area contributed by atoms with Gasteiger partial charge < -0.3 is 4.57 Å². The van der Waals surface area contributed by atoms with Crippen LogP contribution in [0, 0.1) is 0 Å². The van der Waals surface area contributed by atoms with Gasteiger partial charge in [0, 0.05) is 18.7 Å². The Bertz CT molecular complexity index is 509. The maximum Gasteiger partial charge on any atom is 0.131 e. The molecule has 0 radical (unpaired) electrons. The molecule has 0 aromatic carbocycles. The highest BCUT2D eigenvalue weighted by molar-refractivity contribution is 5.76. The predicted octanol–water partition coefficient (Wildman–Crippen LogP) is 3.22. The minimum absolute atomic E-state index is 0.382. The summed E-state index contributed by atoms with van der Waals surface area (Å²) in [5.74, 6) is 1.82. The van der Waals surface area contributed by atoms with Gasteiger partial charge in [0.1, 0.15) is 5.82 Å². The van der Waals surface area contributed by atoms with Crippen LogP contribution in [0.2, 0.25) is 0 Å². The monoisotopic (exact) mass is 217 g/mol. The van der Waals surface area contributed by atoms with Crippen molar-refractivity contribution < 1.29 is 0 Å². The summed E-state index contributed by atoms with van der Waals surface area (Å²) in [5.41, 5.74) is 3.49. The summed E-state index contributed by atoms with van der Waals surface area (Å²) in [4.78, 5) is 9.01. The molecule has 2 aromatic heterocycles. The van der Waals surface area contributed by atoms with Crippen LogP contribution in [0.5, 0.6) is 0 Å². The molecule has 3 nitrogen and oxygen atoms in total. The van der Waals surface area contributed by atoms with Crippen molar-refractivity contribution in [3.8, 4) is 0 Å². The van der Waals surface area contributed by atoms with Crippen LogP contribution in [0.1, 0.15) is 51.0 Å². The molecule has 0 amide bonds. The average molecular weight is 217 g/mol. The summed E-state index contributed by atoms with van der Waals surface area (Å²) in [6, 6.07) is 2.17. The van der Waals surface area contributed by atoms with Crippen LogP contribution < -0.4 is 0 Å². The third-order valence-electron chi connectivity index (χ3n) is 2.96. The smallest absolute Gasteiger partial charge is 0.131 e. The molecule has 16 heavy (non-hydrogen) atoms. The van der Waals surface area contributed by atoms with Crippen LogP contribution in [0.4, 0.5) is 0 Å². The first-order valence-electron chi connectivity index (χ1n) is 5.83. The molecule has 2 aromatic rings. The van der Waals surface area contributed by atoms with Crippen molar-refractivity contribution in [2.75, 3.05) is 0 Å². The molecular weight excluding hydrogens is 198 g/mol. The molecule has 0 aliphatic heterocycles. The third-order valence-corrected chi connectivity index (χ3v) is 2.96. The minimum atomic E-state index is 0.382. The summed E-state index contributed by atoms with van der Waals surface area (Å²) >= 11 is 0. The molecule has 2 rings (SSSR count). The molecule has 0 bridgehead atoms. The van der Waals surface area contributed by atoms with Crippen molar-refractivity contribution in [2.24, 2.45) is 7.05 Å². The number of fused-ring (bicyclic) bond motifs is 1.